The molecule has 19 heavy (non-hydrogen) atoms. The second kappa shape index (κ2) is 5.01. The van der Waals surface area contributed by atoms with Crippen molar-refractivity contribution in [3.8, 4) is 0 Å². The first-order valence-corrected chi connectivity index (χ1v) is 8.30. The van der Waals surface area contributed by atoms with Crippen molar-refractivity contribution in [3.05, 3.63) is 0 Å². The minimum Gasteiger partial charge on any atom is -0.378 e. The van der Waals surface area contributed by atoms with Crippen LogP contribution in [-0.2, 0) is 9.47 Å². The number of ether oxygens (including phenoxy) is 2. The van der Waals surface area contributed by atoms with Gasteiger partial charge in [0.25, 0.3) is 0 Å². The first-order chi connectivity index (χ1) is 9.35. The van der Waals surface area contributed by atoms with Crippen LogP contribution in [0.15, 0.2) is 0 Å². The van der Waals surface area contributed by atoms with E-state index < -0.39 is 0 Å². The predicted molar refractivity (Wildman–Crippen MR) is 74.1 cm³/mol. The van der Waals surface area contributed by atoms with Gasteiger partial charge in [0.1, 0.15) is 0 Å². The molecule has 1 spiro atoms. The molecule has 0 amide bonds. The minimum absolute atomic E-state index is 0.104. The van der Waals surface area contributed by atoms with Crippen molar-refractivity contribution < 1.29 is 9.47 Å². The van der Waals surface area contributed by atoms with Crippen LogP contribution < -0.4 is 5.32 Å². The summed E-state index contributed by atoms with van der Waals surface area (Å²) in [5.41, 5.74) is 0.104. The molecule has 2 saturated carbocycles. The first kappa shape index (κ1) is 12.6. The van der Waals surface area contributed by atoms with Crippen molar-refractivity contribution in [2.24, 2.45) is 17.8 Å². The van der Waals surface area contributed by atoms with E-state index in [2.05, 4.69) is 5.32 Å². The summed E-state index contributed by atoms with van der Waals surface area (Å²) >= 11 is 0. The third-order valence-corrected chi connectivity index (χ3v) is 5.93. The van der Waals surface area contributed by atoms with E-state index >= 15 is 0 Å². The maximum absolute atomic E-state index is 6.08. The zero-order chi connectivity index (χ0) is 12.7. The smallest absolute Gasteiger partial charge is 0.0939 e. The van der Waals surface area contributed by atoms with Crippen LogP contribution in [0.3, 0.4) is 0 Å². The topological polar surface area (TPSA) is 30.5 Å². The molecule has 0 bridgehead atoms. The molecule has 0 aromatic heterocycles. The lowest BCUT2D eigenvalue weighted by molar-refractivity contribution is -0.118. The molecule has 4 rings (SSSR count). The molecule has 0 aromatic rings. The fourth-order valence-electron chi connectivity index (χ4n) is 4.37. The van der Waals surface area contributed by atoms with E-state index in [-0.39, 0.29) is 5.60 Å². The quantitative estimate of drug-likeness (QED) is 0.846. The number of nitrogens with one attached hydrogen (secondary N) is 1. The van der Waals surface area contributed by atoms with Gasteiger partial charge in [0.05, 0.1) is 12.2 Å². The van der Waals surface area contributed by atoms with Crippen molar-refractivity contribution in [3.63, 3.8) is 0 Å². The summed E-state index contributed by atoms with van der Waals surface area (Å²) in [5.74, 6) is 2.81. The normalized spacial score (nSPS) is 46.4. The van der Waals surface area contributed by atoms with Gasteiger partial charge in [0, 0.05) is 25.7 Å². The Labute approximate surface area is 116 Å². The molecule has 3 heteroatoms. The third-order valence-electron chi connectivity index (χ3n) is 5.93. The van der Waals surface area contributed by atoms with Gasteiger partial charge in [0.2, 0.25) is 0 Å². The first-order valence-electron chi connectivity index (χ1n) is 8.30. The Bertz CT molecular complexity index is 323. The maximum Gasteiger partial charge on any atom is 0.0939 e. The van der Waals surface area contributed by atoms with Crippen molar-refractivity contribution in [1.82, 2.24) is 5.32 Å². The van der Waals surface area contributed by atoms with Crippen LogP contribution in [0.1, 0.15) is 44.9 Å². The fourth-order valence-corrected chi connectivity index (χ4v) is 4.37. The van der Waals surface area contributed by atoms with E-state index in [1.165, 1.54) is 45.1 Å². The summed E-state index contributed by atoms with van der Waals surface area (Å²) in [6.07, 6.45) is 9.40. The SMILES string of the molecule is C1CC2(CO1)CC(C1CCC1CNC1CC1)CCO2. The highest BCUT2D eigenvalue weighted by molar-refractivity contribution is 4.96. The van der Waals surface area contributed by atoms with Crippen LogP contribution in [0.25, 0.3) is 0 Å². The van der Waals surface area contributed by atoms with Crippen LogP contribution in [0.5, 0.6) is 0 Å². The molecule has 4 atom stereocenters. The largest absolute Gasteiger partial charge is 0.378 e. The van der Waals surface area contributed by atoms with Crippen LogP contribution in [0.4, 0.5) is 0 Å². The van der Waals surface area contributed by atoms with Gasteiger partial charge in [-0.25, -0.2) is 0 Å². The second-order valence-electron chi connectivity index (χ2n) is 7.27. The standard InChI is InChI=1S/C16H27NO2/c1-4-15(13(1)10-17-14-2-3-14)12-5-7-19-16(9-12)6-8-18-11-16/h12-15,17H,1-11H2. The van der Waals surface area contributed by atoms with Gasteiger partial charge in [-0.3, -0.25) is 0 Å². The van der Waals surface area contributed by atoms with Crippen molar-refractivity contribution in [2.75, 3.05) is 26.4 Å². The molecule has 4 aliphatic rings. The van der Waals surface area contributed by atoms with Crippen molar-refractivity contribution in [2.45, 2.75) is 56.6 Å². The van der Waals surface area contributed by atoms with E-state index in [9.17, 15) is 0 Å². The highest BCUT2D eigenvalue weighted by Crippen LogP contribution is 2.47. The summed E-state index contributed by atoms with van der Waals surface area (Å²) < 4.78 is 11.7. The van der Waals surface area contributed by atoms with Gasteiger partial charge in [-0.2, -0.15) is 0 Å². The molecule has 0 radical (unpaired) electrons. The second-order valence-corrected chi connectivity index (χ2v) is 7.27. The molecule has 1 N–H and O–H groups in total. The Morgan fingerprint density at radius 2 is 2.00 bits per heavy atom. The molecule has 4 unspecified atom stereocenters. The lowest BCUT2D eigenvalue weighted by Crippen LogP contribution is -2.47. The highest BCUT2D eigenvalue weighted by atomic mass is 16.6. The molecule has 2 saturated heterocycles. The summed E-state index contributed by atoms with van der Waals surface area (Å²) in [4.78, 5) is 0. The Kier molecular flexibility index (Phi) is 3.33. The van der Waals surface area contributed by atoms with E-state index in [1.54, 1.807) is 0 Å². The van der Waals surface area contributed by atoms with Crippen LogP contribution >= 0.6 is 0 Å². The zero-order valence-corrected chi connectivity index (χ0v) is 11.9. The van der Waals surface area contributed by atoms with E-state index in [0.29, 0.717) is 0 Å². The van der Waals surface area contributed by atoms with Crippen LogP contribution in [0.2, 0.25) is 0 Å². The Hall–Kier alpha value is -0.120. The summed E-state index contributed by atoms with van der Waals surface area (Å²) in [6.45, 7) is 3.99. The minimum atomic E-state index is 0.104. The average Bonchev–Trinajstić information content (AvgIpc) is 3.10. The van der Waals surface area contributed by atoms with Crippen LogP contribution in [0, 0.1) is 17.8 Å². The predicted octanol–water partition coefficient (Wildman–Crippen LogP) is 2.35. The number of rotatable bonds is 4. The molecule has 3 nitrogen and oxygen atoms in total. The Morgan fingerprint density at radius 3 is 2.68 bits per heavy atom. The molecular formula is C16H27NO2. The molecule has 4 fully saturated rings. The van der Waals surface area contributed by atoms with Crippen molar-refractivity contribution >= 4 is 0 Å². The van der Waals surface area contributed by atoms with Gasteiger partial charge in [-0.05, 0) is 62.8 Å². The van der Waals surface area contributed by atoms with Gasteiger partial charge in [-0.15, -0.1) is 0 Å². The maximum atomic E-state index is 6.08. The molecule has 108 valence electrons. The lowest BCUT2D eigenvalue weighted by atomic mass is 9.63. The van der Waals surface area contributed by atoms with Crippen molar-refractivity contribution in [1.29, 1.82) is 0 Å². The van der Waals surface area contributed by atoms with Crippen LogP contribution in [-0.4, -0.2) is 38.0 Å². The Balaban J connectivity index is 1.33. The zero-order valence-electron chi connectivity index (χ0n) is 11.9. The number of hydrogen-bond donors (Lipinski definition) is 1. The lowest BCUT2D eigenvalue weighted by Gasteiger charge is -2.47. The molecule has 2 aliphatic heterocycles. The Morgan fingerprint density at radius 1 is 1.05 bits per heavy atom. The summed E-state index contributed by atoms with van der Waals surface area (Å²) in [7, 11) is 0. The van der Waals surface area contributed by atoms with E-state index in [0.717, 1.165) is 50.0 Å². The average molecular weight is 265 g/mol. The molecule has 2 heterocycles. The monoisotopic (exact) mass is 265 g/mol. The highest BCUT2D eigenvalue weighted by Gasteiger charge is 2.46. The summed E-state index contributed by atoms with van der Waals surface area (Å²) in [5, 5.41) is 3.73. The third kappa shape index (κ3) is 2.57. The fraction of sp³-hybridized carbons (Fsp3) is 1.00. The molecular weight excluding hydrogens is 238 g/mol. The summed E-state index contributed by atoms with van der Waals surface area (Å²) in [6, 6.07) is 0.866. The molecule has 0 aromatic carbocycles. The molecule has 2 aliphatic carbocycles. The van der Waals surface area contributed by atoms with E-state index in [1.807, 2.05) is 0 Å². The van der Waals surface area contributed by atoms with Gasteiger partial charge >= 0.3 is 0 Å². The van der Waals surface area contributed by atoms with E-state index in [4.69, 9.17) is 9.47 Å². The van der Waals surface area contributed by atoms with Gasteiger partial charge in [-0.1, -0.05) is 0 Å². The number of hydrogen-bond acceptors (Lipinski definition) is 3. The van der Waals surface area contributed by atoms with Gasteiger partial charge < -0.3 is 14.8 Å². The van der Waals surface area contributed by atoms with Gasteiger partial charge in [0.15, 0.2) is 0 Å².